The van der Waals surface area contributed by atoms with Crippen molar-refractivity contribution in [3.05, 3.63) is 0 Å². The number of hydrogen-bond acceptors (Lipinski definition) is 5. The van der Waals surface area contributed by atoms with E-state index < -0.39 is 7.82 Å². The van der Waals surface area contributed by atoms with Gasteiger partial charge in [0, 0.05) is 25.2 Å². The molecule has 2 unspecified atom stereocenters. The summed E-state index contributed by atoms with van der Waals surface area (Å²) in [6.07, 6.45) is 36.3. The van der Waals surface area contributed by atoms with Crippen LogP contribution in [-0.2, 0) is 18.6 Å². The van der Waals surface area contributed by atoms with Crippen molar-refractivity contribution in [2.75, 3.05) is 31.8 Å². The van der Waals surface area contributed by atoms with Gasteiger partial charge in [-0.15, -0.1) is 0 Å². The molecule has 6 nitrogen and oxygen atoms in total. The van der Waals surface area contributed by atoms with E-state index in [0.717, 1.165) is 25.2 Å². The number of ether oxygens (including phenoxy) is 2. The van der Waals surface area contributed by atoms with Crippen LogP contribution in [-0.4, -0.2) is 53.8 Å². The average molecular weight is 667 g/mol. The van der Waals surface area contributed by atoms with Crippen molar-refractivity contribution in [1.82, 2.24) is 0 Å². The van der Waals surface area contributed by atoms with Gasteiger partial charge in [-0.25, -0.2) is 4.57 Å². The molecule has 0 aliphatic heterocycles. The molecular formula is C36H75O6PS. The highest BCUT2D eigenvalue weighted by atomic mass is 32.2. The minimum Gasteiger partial charge on any atom is -0.378 e. The second-order valence-corrected chi connectivity index (χ2v) is 15.3. The molecule has 44 heavy (non-hydrogen) atoms. The van der Waals surface area contributed by atoms with Crippen LogP contribution in [0.1, 0.15) is 187 Å². The molecule has 8 heteroatoms. The Labute approximate surface area is 278 Å². The van der Waals surface area contributed by atoms with Crippen LogP contribution in [0.15, 0.2) is 0 Å². The number of phosphoric acid groups is 1. The lowest BCUT2D eigenvalue weighted by Crippen LogP contribution is -2.23. The maximum atomic E-state index is 11.0. The van der Waals surface area contributed by atoms with Gasteiger partial charge in [-0.05, 0) is 12.8 Å². The van der Waals surface area contributed by atoms with Gasteiger partial charge in [0.2, 0.25) is 0 Å². The fourth-order valence-electron chi connectivity index (χ4n) is 5.67. The van der Waals surface area contributed by atoms with Crippen molar-refractivity contribution in [3.63, 3.8) is 0 Å². The molecule has 0 fully saturated rings. The van der Waals surface area contributed by atoms with Gasteiger partial charge in [0.15, 0.2) is 0 Å². The summed E-state index contributed by atoms with van der Waals surface area (Å²) in [6, 6.07) is 0. The van der Waals surface area contributed by atoms with Gasteiger partial charge in [0.05, 0.1) is 18.8 Å². The second kappa shape index (κ2) is 34.7. The molecule has 0 aliphatic carbocycles. The Morgan fingerprint density at radius 3 is 1.30 bits per heavy atom. The fourth-order valence-corrected chi connectivity index (χ4v) is 7.19. The summed E-state index contributed by atoms with van der Waals surface area (Å²) in [4.78, 5) is 18.0. The van der Waals surface area contributed by atoms with Gasteiger partial charge < -0.3 is 19.3 Å². The van der Waals surface area contributed by atoms with Gasteiger partial charge in [0.25, 0.3) is 0 Å². The first-order valence-corrected chi connectivity index (χ1v) is 21.5. The zero-order valence-corrected chi connectivity index (χ0v) is 31.2. The number of rotatable bonds is 37. The Bertz CT molecular complexity index is 605. The molecule has 0 heterocycles. The molecule has 0 aliphatic rings. The van der Waals surface area contributed by atoms with Crippen molar-refractivity contribution >= 4 is 19.6 Å². The highest BCUT2D eigenvalue weighted by molar-refractivity contribution is 7.99. The van der Waals surface area contributed by atoms with E-state index in [1.807, 2.05) is 0 Å². The molecule has 0 saturated heterocycles. The van der Waals surface area contributed by atoms with E-state index in [0.29, 0.717) is 5.75 Å². The third-order valence-electron chi connectivity index (χ3n) is 8.60. The molecule has 0 amide bonds. The Kier molecular flexibility index (Phi) is 35.0. The molecule has 0 aromatic rings. The summed E-state index contributed by atoms with van der Waals surface area (Å²) in [5.74, 6) is 1.51. The molecular weight excluding hydrogens is 591 g/mol. The van der Waals surface area contributed by atoms with E-state index in [-0.39, 0.29) is 18.8 Å². The maximum absolute atomic E-state index is 11.0. The number of hydrogen-bond donors (Lipinski definition) is 2. The molecule has 0 saturated carbocycles. The second-order valence-electron chi connectivity index (χ2n) is 12.9. The monoisotopic (exact) mass is 667 g/mol. The van der Waals surface area contributed by atoms with Gasteiger partial charge in [-0.2, -0.15) is 11.8 Å². The number of methoxy groups -OCH3 is 1. The largest absolute Gasteiger partial charge is 0.469 e. The minimum absolute atomic E-state index is 0.100. The average Bonchev–Trinajstić information content (AvgIpc) is 3.00. The van der Waals surface area contributed by atoms with Crippen LogP contribution in [0, 0.1) is 0 Å². The Balaban J connectivity index is 4.08. The third-order valence-corrected chi connectivity index (χ3v) is 10.3. The van der Waals surface area contributed by atoms with Crippen LogP contribution in [0.2, 0.25) is 0 Å². The van der Waals surface area contributed by atoms with Crippen LogP contribution < -0.4 is 0 Å². The molecule has 2 N–H and O–H groups in total. The summed E-state index contributed by atoms with van der Waals surface area (Å²) >= 11 is 1.73. The lowest BCUT2D eigenvalue weighted by Gasteiger charge is -2.20. The van der Waals surface area contributed by atoms with E-state index in [4.69, 9.17) is 19.3 Å². The van der Waals surface area contributed by atoms with Crippen LogP contribution in [0.25, 0.3) is 0 Å². The van der Waals surface area contributed by atoms with Gasteiger partial charge >= 0.3 is 7.82 Å². The van der Waals surface area contributed by atoms with Crippen LogP contribution >= 0.6 is 19.6 Å². The molecule has 0 rings (SSSR count). The van der Waals surface area contributed by atoms with Crippen LogP contribution in [0.5, 0.6) is 0 Å². The van der Waals surface area contributed by atoms with E-state index in [1.54, 1.807) is 18.9 Å². The topological polar surface area (TPSA) is 85.2 Å². The Hall–Kier alpha value is 0.380. The van der Waals surface area contributed by atoms with Gasteiger partial charge in [-0.1, -0.05) is 174 Å². The van der Waals surface area contributed by atoms with E-state index in [2.05, 4.69) is 18.4 Å². The quantitative estimate of drug-likeness (QED) is 0.0504. The molecule has 0 radical (unpaired) electrons. The summed E-state index contributed by atoms with van der Waals surface area (Å²) in [7, 11) is -2.92. The zero-order chi connectivity index (χ0) is 32.4. The lowest BCUT2D eigenvalue weighted by atomic mass is 10.0. The smallest absolute Gasteiger partial charge is 0.378 e. The van der Waals surface area contributed by atoms with Crippen molar-refractivity contribution in [1.29, 1.82) is 0 Å². The summed E-state index contributed by atoms with van der Waals surface area (Å²) in [6.45, 7) is 5.29. The molecule has 0 aromatic heterocycles. The van der Waals surface area contributed by atoms with Crippen molar-refractivity contribution < 1.29 is 28.3 Å². The third kappa shape index (κ3) is 35.2. The maximum Gasteiger partial charge on any atom is 0.469 e. The zero-order valence-electron chi connectivity index (χ0n) is 29.5. The first-order valence-electron chi connectivity index (χ1n) is 18.8. The Morgan fingerprint density at radius 1 is 0.545 bits per heavy atom. The molecule has 0 spiro atoms. The fraction of sp³-hybridized carbons (Fsp3) is 1.00. The summed E-state index contributed by atoms with van der Waals surface area (Å²) in [5.41, 5.74) is 0. The van der Waals surface area contributed by atoms with Crippen molar-refractivity contribution in [2.24, 2.45) is 0 Å². The summed E-state index contributed by atoms with van der Waals surface area (Å²) in [5, 5.41) is 0. The van der Waals surface area contributed by atoms with Gasteiger partial charge in [-0.3, -0.25) is 4.52 Å². The standard InChI is InChI=1S/C36H75O6PS/c1-4-6-8-10-12-14-16-18-19-20-22-24-26-28-30-35(33-44-34-36(40-3)32-42-43(37,38)39)41-31-29-27-25-23-21-17-15-13-11-9-7-5-2/h35-36H,4-34H2,1-3H3,(H2,37,38,39). The normalized spacial score (nSPS) is 13.5. The van der Waals surface area contributed by atoms with Crippen molar-refractivity contribution in [3.8, 4) is 0 Å². The SMILES string of the molecule is CCCCCCCCCCCCCCCCC(CSCC(COP(=O)(O)O)OC)OCCCCCCCCCCCCCC. The first-order chi connectivity index (χ1) is 21.4. The number of unbranched alkanes of at least 4 members (excludes halogenated alkanes) is 24. The van der Waals surface area contributed by atoms with E-state index >= 15 is 0 Å². The van der Waals surface area contributed by atoms with E-state index in [9.17, 15) is 4.57 Å². The van der Waals surface area contributed by atoms with Crippen LogP contribution in [0.4, 0.5) is 0 Å². The number of thioether (sulfide) groups is 1. The highest BCUT2D eigenvalue weighted by Gasteiger charge is 2.19. The highest BCUT2D eigenvalue weighted by Crippen LogP contribution is 2.36. The lowest BCUT2D eigenvalue weighted by molar-refractivity contribution is 0.0559. The Morgan fingerprint density at radius 2 is 0.909 bits per heavy atom. The predicted octanol–water partition coefficient (Wildman–Crippen LogP) is 11.8. The van der Waals surface area contributed by atoms with Crippen LogP contribution in [0.3, 0.4) is 0 Å². The van der Waals surface area contributed by atoms with E-state index in [1.165, 1.54) is 161 Å². The predicted molar refractivity (Wildman–Crippen MR) is 192 cm³/mol. The van der Waals surface area contributed by atoms with Crippen molar-refractivity contribution in [2.45, 2.75) is 199 Å². The van der Waals surface area contributed by atoms with Gasteiger partial charge in [0.1, 0.15) is 0 Å². The molecule has 266 valence electrons. The number of phosphoric ester groups is 1. The minimum atomic E-state index is -4.48. The molecule has 0 bridgehead atoms. The first kappa shape index (κ1) is 44.4. The summed E-state index contributed by atoms with van der Waals surface area (Å²) < 4.78 is 27.4. The molecule has 2 atom stereocenters. The molecule has 0 aromatic carbocycles.